The standard InChI is InChI=1S/C19H15Cl3N4O3/c1-28-13-5-3-12(4-6-13)26-19(27)17(22)16(10-24-26)25-23-9-11-7-14(20)18(29-2)15(21)8-11/h3-10,25H,1-2H3/b23-9-. The first-order valence-electron chi connectivity index (χ1n) is 8.19. The van der Waals surface area contributed by atoms with E-state index >= 15 is 0 Å². The first kappa shape index (κ1) is 21.0. The molecule has 0 aliphatic rings. The number of benzene rings is 2. The summed E-state index contributed by atoms with van der Waals surface area (Å²) in [5.41, 5.74) is 3.63. The van der Waals surface area contributed by atoms with Crippen molar-refractivity contribution in [3.8, 4) is 17.2 Å². The Balaban J connectivity index is 1.81. The van der Waals surface area contributed by atoms with Gasteiger partial charge in [-0.15, -0.1) is 0 Å². The fourth-order valence-corrected chi connectivity index (χ4v) is 3.27. The van der Waals surface area contributed by atoms with Gasteiger partial charge in [0.15, 0.2) is 5.75 Å². The molecule has 0 radical (unpaired) electrons. The molecule has 1 heterocycles. The van der Waals surface area contributed by atoms with Crippen LogP contribution in [-0.2, 0) is 0 Å². The highest BCUT2D eigenvalue weighted by molar-refractivity contribution is 6.37. The van der Waals surface area contributed by atoms with Gasteiger partial charge in [0, 0.05) is 0 Å². The van der Waals surface area contributed by atoms with Crippen molar-refractivity contribution in [1.29, 1.82) is 0 Å². The van der Waals surface area contributed by atoms with E-state index in [1.807, 2.05) is 0 Å². The zero-order valence-corrected chi connectivity index (χ0v) is 17.6. The lowest BCUT2D eigenvalue weighted by atomic mass is 10.2. The van der Waals surface area contributed by atoms with Gasteiger partial charge in [0.25, 0.3) is 5.56 Å². The van der Waals surface area contributed by atoms with Gasteiger partial charge in [0.05, 0.1) is 42.4 Å². The summed E-state index contributed by atoms with van der Waals surface area (Å²) >= 11 is 18.4. The Morgan fingerprint density at radius 1 is 1.07 bits per heavy atom. The van der Waals surface area contributed by atoms with Crippen LogP contribution in [0, 0.1) is 0 Å². The summed E-state index contributed by atoms with van der Waals surface area (Å²) in [6.45, 7) is 0. The van der Waals surface area contributed by atoms with E-state index in [0.29, 0.717) is 32.8 Å². The SMILES string of the molecule is COc1ccc(-n2ncc(N/N=C\c3cc(Cl)c(OC)c(Cl)c3)c(Cl)c2=O)cc1. The van der Waals surface area contributed by atoms with E-state index < -0.39 is 5.56 Å². The van der Waals surface area contributed by atoms with Crippen molar-refractivity contribution in [2.45, 2.75) is 0 Å². The van der Waals surface area contributed by atoms with Crippen molar-refractivity contribution in [2.75, 3.05) is 19.6 Å². The van der Waals surface area contributed by atoms with Crippen LogP contribution in [0.15, 0.2) is 52.5 Å². The molecule has 0 atom stereocenters. The lowest BCUT2D eigenvalue weighted by Crippen LogP contribution is -2.22. The number of halogens is 3. The average Bonchev–Trinajstić information content (AvgIpc) is 2.71. The fourth-order valence-electron chi connectivity index (χ4n) is 2.44. The van der Waals surface area contributed by atoms with Crippen molar-refractivity contribution in [3.05, 3.63) is 73.6 Å². The lowest BCUT2D eigenvalue weighted by molar-refractivity contribution is 0.414. The van der Waals surface area contributed by atoms with Gasteiger partial charge in [-0.1, -0.05) is 34.8 Å². The summed E-state index contributed by atoms with van der Waals surface area (Å²) in [5.74, 6) is 1.05. The molecular weight excluding hydrogens is 439 g/mol. The number of aromatic nitrogens is 2. The van der Waals surface area contributed by atoms with Gasteiger partial charge < -0.3 is 9.47 Å². The van der Waals surface area contributed by atoms with Crippen LogP contribution in [0.2, 0.25) is 15.1 Å². The zero-order valence-electron chi connectivity index (χ0n) is 15.3. The Bertz CT molecular complexity index is 1090. The summed E-state index contributed by atoms with van der Waals surface area (Å²) in [6.07, 6.45) is 2.88. The van der Waals surface area contributed by atoms with E-state index in [1.165, 1.54) is 24.2 Å². The second-order valence-electron chi connectivity index (χ2n) is 5.68. The van der Waals surface area contributed by atoms with Gasteiger partial charge in [0.2, 0.25) is 0 Å². The smallest absolute Gasteiger partial charge is 0.292 e. The van der Waals surface area contributed by atoms with Crippen molar-refractivity contribution in [3.63, 3.8) is 0 Å². The second kappa shape index (κ2) is 9.17. The molecule has 0 unspecified atom stereocenters. The highest BCUT2D eigenvalue weighted by Gasteiger charge is 2.11. The molecule has 3 rings (SSSR count). The Hall–Kier alpha value is -2.74. The number of nitrogens with zero attached hydrogens (tertiary/aromatic N) is 3. The van der Waals surface area contributed by atoms with E-state index in [1.54, 1.807) is 43.5 Å². The Morgan fingerprint density at radius 2 is 1.72 bits per heavy atom. The minimum Gasteiger partial charge on any atom is -0.497 e. The number of hydrazone groups is 1. The van der Waals surface area contributed by atoms with Crippen molar-refractivity contribution >= 4 is 46.7 Å². The Labute approximate surface area is 181 Å². The summed E-state index contributed by atoms with van der Waals surface area (Å²) in [7, 11) is 3.04. The van der Waals surface area contributed by atoms with E-state index in [0.717, 1.165) is 0 Å². The average molecular weight is 454 g/mol. The third kappa shape index (κ3) is 4.64. The highest BCUT2D eigenvalue weighted by Crippen LogP contribution is 2.33. The summed E-state index contributed by atoms with van der Waals surface area (Å²) in [6, 6.07) is 10.1. The van der Waals surface area contributed by atoms with E-state index in [2.05, 4.69) is 15.6 Å². The number of anilines is 1. The summed E-state index contributed by atoms with van der Waals surface area (Å²) < 4.78 is 11.4. The minimum absolute atomic E-state index is 0.0567. The molecular formula is C19H15Cl3N4O3. The predicted octanol–water partition coefficient (Wildman–Crippen LogP) is 4.66. The van der Waals surface area contributed by atoms with Crippen LogP contribution in [0.3, 0.4) is 0 Å². The number of methoxy groups -OCH3 is 2. The lowest BCUT2D eigenvalue weighted by Gasteiger charge is -2.09. The molecule has 2 aromatic carbocycles. The molecule has 10 heteroatoms. The number of nitrogens with one attached hydrogen (secondary N) is 1. The molecule has 1 N–H and O–H groups in total. The molecule has 0 amide bonds. The molecule has 29 heavy (non-hydrogen) atoms. The first-order chi connectivity index (χ1) is 13.9. The monoisotopic (exact) mass is 452 g/mol. The molecule has 0 aliphatic heterocycles. The highest BCUT2D eigenvalue weighted by atomic mass is 35.5. The zero-order chi connectivity index (χ0) is 21.0. The molecule has 0 saturated carbocycles. The fraction of sp³-hybridized carbons (Fsp3) is 0.105. The Kier molecular flexibility index (Phi) is 6.64. The van der Waals surface area contributed by atoms with Crippen LogP contribution < -0.4 is 20.5 Å². The maximum Gasteiger partial charge on any atom is 0.292 e. The third-order valence-corrected chi connectivity index (χ3v) is 4.79. The number of rotatable bonds is 6. The van der Waals surface area contributed by atoms with E-state index in [-0.39, 0.29) is 10.7 Å². The first-order valence-corrected chi connectivity index (χ1v) is 9.32. The van der Waals surface area contributed by atoms with E-state index in [9.17, 15) is 4.79 Å². The molecule has 0 saturated heterocycles. The van der Waals surface area contributed by atoms with Crippen LogP contribution in [0.5, 0.6) is 11.5 Å². The van der Waals surface area contributed by atoms with Gasteiger partial charge in [-0.05, 0) is 42.0 Å². The van der Waals surface area contributed by atoms with Gasteiger partial charge >= 0.3 is 0 Å². The van der Waals surface area contributed by atoms with Gasteiger partial charge in [0.1, 0.15) is 16.5 Å². The number of hydrogen-bond acceptors (Lipinski definition) is 6. The second-order valence-corrected chi connectivity index (χ2v) is 6.87. The van der Waals surface area contributed by atoms with Crippen molar-refractivity contribution in [2.24, 2.45) is 5.10 Å². The maximum atomic E-state index is 12.5. The van der Waals surface area contributed by atoms with Crippen LogP contribution >= 0.6 is 34.8 Å². The largest absolute Gasteiger partial charge is 0.497 e. The van der Waals surface area contributed by atoms with Crippen LogP contribution in [0.25, 0.3) is 5.69 Å². The number of hydrogen-bond donors (Lipinski definition) is 1. The van der Waals surface area contributed by atoms with Crippen molar-refractivity contribution < 1.29 is 9.47 Å². The number of ether oxygens (including phenoxy) is 2. The molecule has 7 nitrogen and oxygen atoms in total. The van der Waals surface area contributed by atoms with Crippen LogP contribution in [-0.4, -0.2) is 30.2 Å². The van der Waals surface area contributed by atoms with Crippen LogP contribution in [0.4, 0.5) is 5.69 Å². The Morgan fingerprint density at radius 3 is 2.31 bits per heavy atom. The van der Waals surface area contributed by atoms with Gasteiger partial charge in [-0.25, -0.2) is 0 Å². The van der Waals surface area contributed by atoms with Crippen LogP contribution in [0.1, 0.15) is 5.56 Å². The summed E-state index contributed by atoms with van der Waals surface area (Å²) in [4.78, 5) is 12.5. The molecule has 0 fully saturated rings. The topological polar surface area (TPSA) is 77.7 Å². The van der Waals surface area contributed by atoms with Gasteiger partial charge in [-0.2, -0.15) is 14.9 Å². The molecule has 0 spiro atoms. The molecule has 3 aromatic rings. The third-order valence-electron chi connectivity index (χ3n) is 3.86. The molecule has 0 bridgehead atoms. The molecule has 0 aliphatic carbocycles. The predicted molar refractivity (Wildman–Crippen MR) is 116 cm³/mol. The summed E-state index contributed by atoms with van der Waals surface area (Å²) in [5, 5.41) is 8.82. The van der Waals surface area contributed by atoms with Gasteiger partial charge in [-0.3, -0.25) is 10.2 Å². The normalized spacial score (nSPS) is 10.9. The molecule has 150 valence electrons. The van der Waals surface area contributed by atoms with E-state index in [4.69, 9.17) is 44.3 Å². The van der Waals surface area contributed by atoms with Crippen molar-refractivity contribution in [1.82, 2.24) is 9.78 Å². The minimum atomic E-state index is -0.493. The quantitative estimate of drug-likeness (QED) is 0.434. The molecule has 1 aromatic heterocycles. The maximum absolute atomic E-state index is 12.5.